The van der Waals surface area contributed by atoms with Gasteiger partial charge in [-0.15, -0.1) is 10.2 Å². The van der Waals surface area contributed by atoms with Crippen molar-refractivity contribution in [3.05, 3.63) is 58.9 Å². The van der Waals surface area contributed by atoms with Gasteiger partial charge in [-0.1, -0.05) is 29.8 Å². The number of nitrogens with zero attached hydrogens (tertiary/aromatic N) is 3. The van der Waals surface area contributed by atoms with Crippen LogP contribution in [0.4, 0.5) is 0 Å². The highest BCUT2D eigenvalue weighted by molar-refractivity contribution is 6.30. The largest absolute Gasteiger partial charge is 0.482 e. The Morgan fingerprint density at radius 1 is 1.16 bits per heavy atom. The molecule has 0 unspecified atom stereocenters. The van der Waals surface area contributed by atoms with Crippen molar-refractivity contribution in [2.75, 3.05) is 7.11 Å². The number of benzene rings is 1. The van der Waals surface area contributed by atoms with E-state index in [1.807, 2.05) is 46.9 Å². The number of fused-ring (bicyclic) bond motifs is 1. The molecule has 2 heterocycles. The predicted octanol–water partition coefficient (Wildman–Crippen LogP) is 2.98. The van der Waals surface area contributed by atoms with Gasteiger partial charge < -0.3 is 4.74 Å². The monoisotopic (exact) mass is 273 g/mol. The molecule has 3 rings (SSSR count). The molecule has 0 aliphatic heterocycles. The van der Waals surface area contributed by atoms with Crippen molar-refractivity contribution in [3.8, 4) is 5.88 Å². The van der Waals surface area contributed by atoms with Crippen LogP contribution in [0.3, 0.4) is 0 Å². The number of hydrogen-bond acceptors (Lipinski definition) is 3. The topological polar surface area (TPSA) is 39.4 Å². The maximum atomic E-state index is 5.99. The van der Waals surface area contributed by atoms with Crippen LogP contribution in [0.1, 0.15) is 11.4 Å². The quantitative estimate of drug-likeness (QED) is 0.736. The lowest BCUT2D eigenvalue weighted by molar-refractivity contribution is 0.390. The van der Waals surface area contributed by atoms with Crippen molar-refractivity contribution in [1.82, 2.24) is 14.6 Å². The second-order valence-electron chi connectivity index (χ2n) is 4.18. The number of ether oxygens (including phenoxy) is 1. The standard InChI is InChI=1S/C14H12ClN3O/c1-19-14-7-3-6-12-16-17-13(18(12)14)9-10-4-2-5-11(15)8-10/h2-8H,9H2,1H3. The SMILES string of the molecule is COc1cccc2nnc(Cc3cccc(Cl)c3)n12. The number of pyridine rings is 1. The molecule has 5 heteroatoms. The van der Waals surface area contributed by atoms with Crippen molar-refractivity contribution >= 4 is 17.2 Å². The summed E-state index contributed by atoms with van der Waals surface area (Å²) >= 11 is 5.99. The van der Waals surface area contributed by atoms with Gasteiger partial charge in [-0.2, -0.15) is 0 Å². The van der Waals surface area contributed by atoms with Crippen molar-refractivity contribution in [3.63, 3.8) is 0 Å². The van der Waals surface area contributed by atoms with E-state index in [-0.39, 0.29) is 0 Å². The molecule has 0 radical (unpaired) electrons. The third-order valence-electron chi connectivity index (χ3n) is 2.92. The molecule has 0 aliphatic rings. The molecule has 2 aromatic heterocycles. The van der Waals surface area contributed by atoms with E-state index < -0.39 is 0 Å². The second kappa shape index (κ2) is 4.90. The maximum absolute atomic E-state index is 5.99. The molecular weight excluding hydrogens is 262 g/mol. The highest BCUT2D eigenvalue weighted by Crippen LogP contribution is 2.19. The fourth-order valence-corrected chi connectivity index (χ4v) is 2.29. The lowest BCUT2D eigenvalue weighted by Crippen LogP contribution is -2.00. The molecule has 0 saturated heterocycles. The van der Waals surface area contributed by atoms with E-state index in [9.17, 15) is 0 Å². The first-order chi connectivity index (χ1) is 9.28. The summed E-state index contributed by atoms with van der Waals surface area (Å²) in [4.78, 5) is 0. The number of hydrogen-bond donors (Lipinski definition) is 0. The first-order valence-electron chi connectivity index (χ1n) is 5.89. The van der Waals surface area contributed by atoms with Crippen LogP contribution >= 0.6 is 11.6 Å². The Morgan fingerprint density at radius 3 is 2.79 bits per heavy atom. The average Bonchev–Trinajstić information content (AvgIpc) is 2.82. The van der Waals surface area contributed by atoms with Gasteiger partial charge in [0.25, 0.3) is 0 Å². The lowest BCUT2D eigenvalue weighted by Gasteiger charge is -2.06. The summed E-state index contributed by atoms with van der Waals surface area (Å²) in [5, 5.41) is 9.09. The van der Waals surface area contributed by atoms with Crippen LogP contribution in [0.15, 0.2) is 42.5 Å². The van der Waals surface area contributed by atoms with Crippen molar-refractivity contribution in [1.29, 1.82) is 0 Å². The van der Waals surface area contributed by atoms with Gasteiger partial charge in [-0.25, -0.2) is 4.40 Å². The minimum Gasteiger partial charge on any atom is -0.482 e. The zero-order chi connectivity index (χ0) is 13.2. The van der Waals surface area contributed by atoms with Crippen molar-refractivity contribution < 1.29 is 4.74 Å². The Kier molecular flexibility index (Phi) is 3.09. The van der Waals surface area contributed by atoms with E-state index in [1.165, 1.54) is 0 Å². The fourth-order valence-electron chi connectivity index (χ4n) is 2.07. The molecule has 0 aliphatic carbocycles. The Hall–Kier alpha value is -2.07. The third kappa shape index (κ3) is 2.27. The van der Waals surface area contributed by atoms with E-state index in [0.717, 1.165) is 27.9 Å². The number of methoxy groups -OCH3 is 1. The lowest BCUT2D eigenvalue weighted by atomic mass is 10.1. The molecule has 0 atom stereocenters. The van der Waals surface area contributed by atoms with Crippen LogP contribution in [-0.4, -0.2) is 21.7 Å². The van der Waals surface area contributed by atoms with E-state index in [2.05, 4.69) is 10.2 Å². The Balaban J connectivity index is 2.06. The molecule has 0 amide bonds. The summed E-state index contributed by atoms with van der Waals surface area (Å²) in [6.45, 7) is 0. The first-order valence-corrected chi connectivity index (χ1v) is 6.27. The summed E-state index contributed by atoms with van der Waals surface area (Å²) in [6, 6.07) is 13.4. The van der Waals surface area contributed by atoms with Crippen LogP contribution in [-0.2, 0) is 6.42 Å². The van der Waals surface area contributed by atoms with Gasteiger partial charge in [-0.3, -0.25) is 0 Å². The van der Waals surface area contributed by atoms with Crippen molar-refractivity contribution in [2.45, 2.75) is 6.42 Å². The summed E-state index contributed by atoms with van der Waals surface area (Å²) in [6.07, 6.45) is 0.655. The minimum atomic E-state index is 0.655. The molecule has 0 bridgehead atoms. The second-order valence-corrected chi connectivity index (χ2v) is 4.62. The number of aromatic nitrogens is 3. The van der Waals surface area contributed by atoms with Gasteiger partial charge >= 0.3 is 0 Å². The Bertz CT molecular complexity index is 724. The van der Waals surface area contributed by atoms with Gasteiger partial charge in [0.1, 0.15) is 5.82 Å². The van der Waals surface area contributed by atoms with Gasteiger partial charge in [-0.05, 0) is 29.8 Å². The zero-order valence-corrected chi connectivity index (χ0v) is 11.1. The summed E-state index contributed by atoms with van der Waals surface area (Å²) in [5.74, 6) is 1.55. The molecule has 19 heavy (non-hydrogen) atoms. The number of halogens is 1. The van der Waals surface area contributed by atoms with Crippen molar-refractivity contribution in [2.24, 2.45) is 0 Å². The van der Waals surface area contributed by atoms with E-state index in [0.29, 0.717) is 6.42 Å². The Labute approximate surface area is 115 Å². The highest BCUT2D eigenvalue weighted by atomic mass is 35.5. The van der Waals surface area contributed by atoms with Gasteiger partial charge in [0, 0.05) is 11.4 Å². The molecule has 0 fully saturated rings. The molecule has 4 nitrogen and oxygen atoms in total. The van der Waals surface area contributed by atoms with E-state index in [1.54, 1.807) is 7.11 Å². The van der Waals surface area contributed by atoms with Crippen LogP contribution in [0, 0.1) is 0 Å². The zero-order valence-electron chi connectivity index (χ0n) is 10.4. The minimum absolute atomic E-state index is 0.655. The molecular formula is C14H12ClN3O. The molecule has 96 valence electrons. The average molecular weight is 274 g/mol. The van der Waals surface area contributed by atoms with E-state index in [4.69, 9.17) is 16.3 Å². The molecule has 0 N–H and O–H groups in total. The fraction of sp³-hybridized carbons (Fsp3) is 0.143. The van der Waals surface area contributed by atoms with Crippen LogP contribution in [0.5, 0.6) is 5.88 Å². The van der Waals surface area contributed by atoms with Crippen LogP contribution < -0.4 is 4.74 Å². The maximum Gasteiger partial charge on any atom is 0.200 e. The molecule has 1 aromatic carbocycles. The first kappa shape index (κ1) is 12.0. The van der Waals surface area contributed by atoms with Gasteiger partial charge in [0.05, 0.1) is 7.11 Å². The van der Waals surface area contributed by atoms with Gasteiger partial charge in [0.15, 0.2) is 5.65 Å². The Morgan fingerprint density at radius 2 is 2.00 bits per heavy atom. The van der Waals surface area contributed by atoms with Crippen LogP contribution in [0.2, 0.25) is 5.02 Å². The third-order valence-corrected chi connectivity index (χ3v) is 3.16. The molecule has 0 saturated carbocycles. The summed E-state index contributed by atoms with van der Waals surface area (Å²) < 4.78 is 7.25. The summed E-state index contributed by atoms with van der Waals surface area (Å²) in [7, 11) is 1.64. The smallest absolute Gasteiger partial charge is 0.200 e. The summed E-state index contributed by atoms with van der Waals surface area (Å²) in [5.41, 5.74) is 1.86. The normalized spacial score (nSPS) is 10.8. The molecule has 0 spiro atoms. The predicted molar refractivity (Wildman–Crippen MR) is 73.8 cm³/mol. The molecule has 3 aromatic rings. The number of rotatable bonds is 3. The van der Waals surface area contributed by atoms with E-state index >= 15 is 0 Å². The van der Waals surface area contributed by atoms with Gasteiger partial charge in [0.2, 0.25) is 5.88 Å². The van der Waals surface area contributed by atoms with Crippen LogP contribution in [0.25, 0.3) is 5.65 Å². The highest BCUT2D eigenvalue weighted by Gasteiger charge is 2.10.